The first kappa shape index (κ1) is 11.6. The Morgan fingerprint density at radius 2 is 2.00 bits per heavy atom. The fraction of sp³-hybridized carbons (Fsp3) is 0.364. The third-order valence-corrected chi connectivity index (χ3v) is 2.52. The molecule has 0 spiro atoms. The number of pyridine rings is 1. The Bertz CT molecular complexity index is 413. The van der Waals surface area contributed by atoms with Crippen LogP contribution < -0.4 is 10.5 Å². The van der Waals surface area contributed by atoms with Crippen LogP contribution in [0.2, 0.25) is 19.6 Å². The van der Waals surface area contributed by atoms with Crippen LogP contribution in [-0.4, -0.2) is 20.2 Å². The van der Waals surface area contributed by atoms with Crippen molar-refractivity contribution in [1.82, 2.24) is 4.98 Å². The van der Waals surface area contributed by atoms with Gasteiger partial charge in [0.15, 0.2) is 0 Å². The molecule has 0 aliphatic carbocycles. The lowest BCUT2D eigenvalue weighted by atomic mass is 10.3. The molecule has 0 bridgehead atoms. The summed E-state index contributed by atoms with van der Waals surface area (Å²) in [5, 5.41) is 0. The van der Waals surface area contributed by atoms with Gasteiger partial charge in [0.2, 0.25) is 5.88 Å². The smallest absolute Gasteiger partial charge is 0.238 e. The molecule has 0 aliphatic rings. The van der Waals surface area contributed by atoms with E-state index in [9.17, 15) is 0 Å². The SMILES string of the molecule is COc1nc(C#C[Si](C)(C)C)ccc1N. The number of ether oxygens (including phenoxy) is 1. The largest absolute Gasteiger partial charge is 0.479 e. The highest BCUT2D eigenvalue weighted by atomic mass is 28.3. The quantitative estimate of drug-likeness (QED) is 0.581. The van der Waals surface area contributed by atoms with Crippen LogP contribution in [0.3, 0.4) is 0 Å². The van der Waals surface area contributed by atoms with Gasteiger partial charge in [-0.2, -0.15) is 0 Å². The topological polar surface area (TPSA) is 48.1 Å². The number of nitrogens with zero attached hydrogens (tertiary/aromatic N) is 1. The minimum atomic E-state index is -1.35. The van der Waals surface area contributed by atoms with Crippen molar-refractivity contribution in [1.29, 1.82) is 0 Å². The molecule has 0 saturated carbocycles. The predicted octanol–water partition coefficient (Wildman–Crippen LogP) is 1.90. The predicted molar refractivity (Wildman–Crippen MR) is 65.4 cm³/mol. The highest BCUT2D eigenvalue weighted by Crippen LogP contribution is 2.17. The lowest BCUT2D eigenvalue weighted by Crippen LogP contribution is -2.16. The van der Waals surface area contributed by atoms with E-state index in [1.807, 2.05) is 6.07 Å². The molecule has 4 heteroatoms. The summed E-state index contributed by atoms with van der Waals surface area (Å²) in [4.78, 5) is 4.20. The molecule has 3 nitrogen and oxygen atoms in total. The van der Waals surface area contributed by atoms with E-state index in [-0.39, 0.29) is 0 Å². The number of nitrogen functional groups attached to an aromatic ring is 1. The molecule has 1 aromatic heterocycles. The molecule has 1 rings (SSSR count). The number of anilines is 1. The highest BCUT2D eigenvalue weighted by molar-refractivity contribution is 6.83. The van der Waals surface area contributed by atoms with Crippen molar-refractivity contribution in [3.63, 3.8) is 0 Å². The van der Waals surface area contributed by atoms with Gasteiger partial charge in [-0.1, -0.05) is 25.6 Å². The molecular formula is C11H16N2OSi. The Kier molecular flexibility index (Phi) is 3.38. The summed E-state index contributed by atoms with van der Waals surface area (Å²) >= 11 is 0. The summed E-state index contributed by atoms with van der Waals surface area (Å²) in [6.07, 6.45) is 0. The molecule has 0 aliphatic heterocycles. The van der Waals surface area contributed by atoms with E-state index in [1.165, 1.54) is 0 Å². The molecule has 80 valence electrons. The van der Waals surface area contributed by atoms with Crippen molar-refractivity contribution >= 4 is 13.8 Å². The van der Waals surface area contributed by atoms with Crippen molar-refractivity contribution in [3.05, 3.63) is 17.8 Å². The maximum atomic E-state index is 5.65. The van der Waals surface area contributed by atoms with Crippen LogP contribution in [0.1, 0.15) is 5.69 Å². The van der Waals surface area contributed by atoms with E-state index in [0.717, 1.165) is 0 Å². The van der Waals surface area contributed by atoms with Crippen LogP contribution in [-0.2, 0) is 0 Å². The molecule has 0 unspecified atom stereocenters. The Hall–Kier alpha value is -1.47. The van der Waals surface area contributed by atoms with Crippen molar-refractivity contribution in [3.8, 4) is 17.3 Å². The number of aromatic nitrogens is 1. The van der Waals surface area contributed by atoms with Crippen LogP contribution in [0.15, 0.2) is 12.1 Å². The van der Waals surface area contributed by atoms with Crippen LogP contribution in [0.5, 0.6) is 5.88 Å². The van der Waals surface area contributed by atoms with E-state index in [1.54, 1.807) is 13.2 Å². The molecule has 1 heterocycles. The molecule has 0 saturated heterocycles. The Morgan fingerprint density at radius 1 is 1.33 bits per heavy atom. The van der Waals surface area contributed by atoms with Crippen LogP contribution in [0.25, 0.3) is 0 Å². The number of rotatable bonds is 1. The summed E-state index contributed by atoms with van der Waals surface area (Å²) in [5.41, 5.74) is 10.1. The van der Waals surface area contributed by atoms with Gasteiger partial charge in [-0.05, 0) is 12.1 Å². The highest BCUT2D eigenvalue weighted by Gasteiger charge is 2.08. The van der Waals surface area contributed by atoms with Gasteiger partial charge in [-0.15, -0.1) is 5.54 Å². The standard InChI is InChI=1S/C11H16N2OSi/c1-14-11-10(12)6-5-9(13-11)7-8-15(2,3)4/h5-6H,12H2,1-4H3. The lowest BCUT2D eigenvalue weighted by molar-refractivity contribution is 0.400. The molecule has 0 atom stereocenters. The van der Waals surface area contributed by atoms with Crippen LogP contribution in [0, 0.1) is 11.5 Å². The summed E-state index contributed by atoms with van der Waals surface area (Å²) in [5.74, 6) is 3.49. The number of hydrogen-bond acceptors (Lipinski definition) is 3. The molecule has 1 aromatic rings. The first-order chi connectivity index (χ1) is 6.92. The molecular weight excluding hydrogens is 204 g/mol. The molecule has 0 amide bonds. The second kappa shape index (κ2) is 4.37. The van der Waals surface area contributed by atoms with Gasteiger partial charge in [0, 0.05) is 0 Å². The molecule has 0 aromatic carbocycles. The average Bonchev–Trinajstić information content (AvgIpc) is 2.15. The summed E-state index contributed by atoms with van der Waals surface area (Å²) in [7, 11) is 0.196. The van der Waals surface area contributed by atoms with E-state index in [4.69, 9.17) is 10.5 Å². The van der Waals surface area contributed by atoms with Gasteiger partial charge in [0.1, 0.15) is 13.8 Å². The minimum Gasteiger partial charge on any atom is -0.479 e. The molecule has 0 radical (unpaired) electrons. The van der Waals surface area contributed by atoms with E-state index in [0.29, 0.717) is 17.3 Å². The molecule has 0 fully saturated rings. The molecule has 15 heavy (non-hydrogen) atoms. The van der Waals surface area contributed by atoms with Crippen LogP contribution >= 0.6 is 0 Å². The van der Waals surface area contributed by atoms with Crippen molar-refractivity contribution in [2.24, 2.45) is 0 Å². The van der Waals surface area contributed by atoms with E-state index >= 15 is 0 Å². The number of methoxy groups -OCH3 is 1. The molecule has 2 N–H and O–H groups in total. The minimum absolute atomic E-state index is 0.442. The fourth-order valence-corrected chi connectivity index (χ4v) is 1.44. The maximum absolute atomic E-state index is 5.65. The Morgan fingerprint density at radius 3 is 2.53 bits per heavy atom. The lowest BCUT2D eigenvalue weighted by Gasteiger charge is -2.04. The maximum Gasteiger partial charge on any atom is 0.238 e. The van der Waals surface area contributed by atoms with Crippen molar-refractivity contribution in [2.75, 3.05) is 12.8 Å². The van der Waals surface area contributed by atoms with Gasteiger partial charge in [-0.25, -0.2) is 4.98 Å². The summed E-state index contributed by atoms with van der Waals surface area (Å²) < 4.78 is 5.03. The van der Waals surface area contributed by atoms with Gasteiger partial charge in [0.05, 0.1) is 12.8 Å². The second-order valence-electron chi connectivity index (χ2n) is 4.29. The first-order valence-corrected chi connectivity index (χ1v) is 8.26. The van der Waals surface area contributed by atoms with Gasteiger partial charge < -0.3 is 10.5 Å². The summed E-state index contributed by atoms with van der Waals surface area (Å²) in [6, 6.07) is 3.57. The van der Waals surface area contributed by atoms with E-state index < -0.39 is 8.07 Å². The summed E-state index contributed by atoms with van der Waals surface area (Å²) in [6.45, 7) is 6.57. The number of nitrogens with two attached hydrogens (primary N) is 1. The second-order valence-corrected chi connectivity index (χ2v) is 9.04. The Labute approximate surface area is 91.7 Å². The monoisotopic (exact) mass is 220 g/mol. The van der Waals surface area contributed by atoms with Crippen molar-refractivity contribution < 1.29 is 4.74 Å². The number of hydrogen-bond donors (Lipinski definition) is 1. The zero-order valence-corrected chi connectivity index (χ0v) is 10.6. The third kappa shape index (κ3) is 3.64. The van der Waals surface area contributed by atoms with Gasteiger partial charge >= 0.3 is 0 Å². The average molecular weight is 220 g/mol. The third-order valence-electron chi connectivity index (χ3n) is 1.65. The fourth-order valence-electron chi connectivity index (χ4n) is 0.936. The van der Waals surface area contributed by atoms with Gasteiger partial charge in [0.25, 0.3) is 0 Å². The zero-order chi connectivity index (χ0) is 11.5. The Balaban J connectivity index is 3.01. The van der Waals surface area contributed by atoms with Crippen molar-refractivity contribution in [2.45, 2.75) is 19.6 Å². The first-order valence-electron chi connectivity index (χ1n) is 4.76. The van der Waals surface area contributed by atoms with Crippen LogP contribution in [0.4, 0.5) is 5.69 Å². The normalized spacial score (nSPS) is 10.4. The van der Waals surface area contributed by atoms with Gasteiger partial charge in [-0.3, -0.25) is 0 Å². The van der Waals surface area contributed by atoms with E-state index in [2.05, 4.69) is 36.1 Å². The zero-order valence-electron chi connectivity index (χ0n) is 9.59.